The summed E-state index contributed by atoms with van der Waals surface area (Å²) in [5.41, 5.74) is 0. The fraction of sp³-hybridized carbons (Fsp3) is 0.500. The van der Waals surface area contributed by atoms with E-state index in [1.165, 1.54) is 18.2 Å². The van der Waals surface area contributed by atoms with E-state index in [0.717, 1.165) is 0 Å². The Morgan fingerprint density at radius 3 is 2.88 bits per heavy atom. The third kappa shape index (κ3) is 4.07. The largest absolute Gasteiger partial charge is 0.467 e. The number of hydrogen-bond acceptors (Lipinski definition) is 5. The Bertz CT molecular complexity index is 398. The minimum absolute atomic E-state index is 0.0367. The Labute approximate surface area is 105 Å². The molecule has 6 nitrogen and oxygen atoms in total. The van der Waals surface area contributed by atoms with Crippen LogP contribution in [-0.4, -0.2) is 48.5 Å². The highest BCUT2D eigenvalue weighted by Crippen LogP contribution is 2.19. The molecule has 0 radical (unpaired) electrons. The molecule has 94 valence electrons. The predicted octanol–water partition coefficient (Wildman–Crippen LogP) is 1.03. The first kappa shape index (κ1) is 13.5. The molecule has 17 heavy (non-hydrogen) atoms. The van der Waals surface area contributed by atoms with E-state index in [1.807, 2.05) is 0 Å². The minimum atomic E-state index is 0.0367. The van der Waals surface area contributed by atoms with Gasteiger partial charge in [0.25, 0.3) is 0 Å². The quantitative estimate of drug-likeness (QED) is 0.854. The average Bonchev–Trinajstić information content (AvgIpc) is 2.31. The normalized spacial score (nSPS) is 9.88. The minimum Gasteiger partial charge on any atom is -0.467 e. The first-order valence-electron chi connectivity index (χ1n) is 5.05. The molecule has 0 saturated heterocycles. The molecule has 0 bridgehead atoms. The number of nitrogens with zero attached hydrogens (tertiary/aromatic N) is 3. The number of methoxy groups -OCH3 is 1. The maximum Gasteiger partial charge on any atom is 0.318 e. The number of carbonyl (C=O) groups excluding carboxylic acids is 1. The molecule has 0 unspecified atom stereocenters. The van der Waals surface area contributed by atoms with Crippen LogP contribution >= 0.6 is 11.6 Å². The van der Waals surface area contributed by atoms with Crippen molar-refractivity contribution < 1.29 is 9.53 Å². The lowest BCUT2D eigenvalue weighted by molar-refractivity contribution is -0.128. The standard InChI is InChI=1S/C10H15ClN4O2/c1-15(2)8(16)4-5-12-9-7(11)6-13-10(14-9)17-3/h6H,4-5H2,1-3H3,(H,12,13,14). The summed E-state index contributed by atoms with van der Waals surface area (Å²) in [5, 5.41) is 3.35. The summed E-state index contributed by atoms with van der Waals surface area (Å²) < 4.78 is 4.88. The molecule has 1 aromatic rings. The summed E-state index contributed by atoms with van der Waals surface area (Å²) in [6, 6.07) is 0.232. The van der Waals surface area contributed by atoms with Gasteiger partial charge in [0.2, 0.25) is 5.91 Å². The highest BCUT2D eigenvalue weighted by Gasteiger charge is 2.07. The van der Waals surface area contributed by atoms with Crippen molar-refractivity contribution in [1.82, 2.24) is 14.9 Å². The van der Waals surface area contributed by atoms with Crippen molar-refractivity contribution in [2.24, 2.45) is 0 Å². The first-order valence-corrected chi connectivity index (χ1v) is 5.43. The van der Waals surface area contributed by atoms with E-state index in [9.17, 15) is 4.79 Å². The molecule has 0 spiro atoms. The number of amides is 1. The average molecular weight is 259 g/mol. The molecular weight excluding hydrogens is 244 g/mol. The molecule has 1 N–H and O–H groups in total. The van der Waals surface area contributed by atoms with Gasteiger partial charge < -0.3 is 15.0 Å². The van der Waals surface area contributed by atoms with Crippen molar-refractivity contribution in [1.29, 1.82) is 0 Å². The molecule has 0 aromatic carbocycles. The van der Waals surface area contributed by atoms with Crippen LogP contribution in [0.5, 0.6) is 6.01 Å². The van der Waals surface area contributed by atoms with E-state index < -0.39 is 0 Å². The summed E-state index contributed by atoms with van der Waals surface area (Å²) in [4.78, 5) is 20.7. The van der Waals surface area contributed by atoms with Gasteiger partial charge in [-0.25, -0.2) is 4.98 Å². The Morgan fingerprint density at radius 1 is 1.59 bits per heavy atom. The molecule has 0 atom stereocenters. The summed E-state index contributed by atoms with van der Waals surface area (Å²) in [5.74, 6) is 0.500. The van der Waals surface area contributed by atoms with Crippen molar-refractivity contribution >= 4 is 23.3 Å². The molecule has 0 aliphatic heterocycles. The lowest BCUT2D eigenvalue weighted by Gasteiger charge is -2.11. The number of hydrogen-bond donors (Lipinski definition) is 1. The van der Waals surface area contributed by atoms with Gasteiger partial charge in [0.05, 0.1) is 13.3 Å². The summed E-state index contributed by atoms with van der Waals surface area (Å²) >= 11 is 5.89. The second-order valence-corrected chi connectivity index (χ2v) is 3.93. The first-order chi connectivity index (χ1) is 8.04. The number of anilines is 1. The number of aromatic nitrogens is 2. The number of nitrogens with one attached hydrogen (secondary N) is 1. The van der Waals surface area contributed by atoms with Gasteiger partial charge in [-0.15, -0.1) is 0 Å². The van der Waals surface area contributed by atoms with Crippen LogP contribution < -0.4 is 10.1 Å². The molecule has 1 rings (SSSR count). The number of ether oxygens (including phenoxy) is 1. The third-order valence-electron chi connectivity index (χ3n) is 2.03. The lowest BCUT2D eigenvalue weighted by atomic mass is 10.4. The van der Waals surface area contributed by atoms with Gasteiger partial charge in [0.15, 0.2) is 5.82 Å². The van der Waals surface area contributed by atoms with Gasteiger partial charge in [-0.1, -0.05) is 11.6 Å². The molecule has 1 amide bonds. The lowest BCUT2D eigenvalue weighted by Crippen LogP contribution is -2.24. The smallest absolute Gasteiger partial charge is 0.318 e. The zero-order chi connectivity index (χ0) is 12.8. The van der Waals surface area contributed by atoms with Gasteiger partial charge >= 0.3 is 6.01 Å². The third-order valence-corrected chi connectivity index (χ3v) is 2.31. The summed E-state index contributed by atoms with van der Waals surface area (Å²) in [7, 11) is 4.90. The van der Waals surface area contributed by atoms with Crippen LogP contribution in [-0.2, 0) is 4.79 Å². The number of carbonyl (C=O) groups is 1. The van der Waals surface area contributed by atoms with Crippen molar-refractivity contribution in [3.63, 3.8) is 0 Å². The van der Waals surface area contributed by atoms with E-state index in [2.05, 4.69) is 15.3 Å². The Morgan fingerprint density at radius 2 is 2.29 bits per heavy atom. The van der Waals surface area contributed by atoms with Gasteiger partial charge in [0.1, 0.15) is 5.02 Å². The zero-order valence-electron chi connectivity index (χ0n) is 10.0. The van der Waals surface area contributed by atoms with Crippen LogP contribution in [0.4, 0.5) is 5.82 Å². The summed E-state index contributed by atoms with van der Waals surface area (Å²) in [6.45, 7) is 0.455. The van der Waals surface area contributed by atoms with Crippen molar-refractivity contribution in [3.05, 3.63) is 11.2 Å². The second-order valence-electron chi connectivity index (χ2n) is 3.52. The monoisotopic (exact) mass is 258 g/mol. The van der Waals surface area contributed by atoms with Crippen LogP contribution in [0, 0.1) is 0 Å². The SMILES string of the molecule is COc1ncc(Cl)c(NCCC(=O)N(C)C)n1. The van der Waals surface area contributed by atoms with Crippen LogP contribution in [0.3, 0.4) is 0 Å². The van der Waals surface area contributed by atoms with Crippen LogP contribution in [0.25, 0.3) is 0 Å². The van der Waals surface area contributed by atoms with E-state index >= 15 is 0 Å². The fourth-order valence-corrected chi connectivity index (χ4v) is 1.24. The summed E-state index contributed by atoms with van der Waals surface area (Å²) in [6.07, 6.45) is 1.82. The maximum atomic E-state index is 11.3. The Hall–Kier alpha value is -1.56. The molecule has 7 heteroatoms. The van der Waals surface area contributed by atoms with E-state index in [1.54, 1.807) is 14.1 Å². The number of halogens is 1. The molecular formula is C10H15ClN4O2. The Balaban J connectivity index is 2.54. The van der Waals surface area contributed by atoms with E-state index in [0.29, 0.717) is 23.8 Å². The maximum absolute atomic E-state index is 11.3. The van der Waals surface area contributed by atoms with Gasteiger partial charge in [-0.05, 0) is 0 Å². The topological polar surface area (TPSA) is 67.3 Å². The second kappa shape index (κ2) is 6.24. The van der Waals surface area contributed by atoms with Crippen molar-refractivity contribution in [3.8, 4) is 6.01 Å². The highest BCUT2D eigenvalue weighted by molar-refractivity contribution is 6.32. The van der Waals surface area contributed by atoms with E-state index in [-0.39, 0.29) is 11.9 Å². The molecule has 1 aromatic heterocycles. The van der Waals surface area contributed by atoms with Gasteiger partial charge in [0, 0.05) is 27.1 Å². The number of rotatable bonds is 5. The molecule has 0 aliphatic rings. The Kier molecular flexibility index (Phi) is 4.96. The van der Waals surface area contributed by atoms with Crippen LogP contribution in [0.2, 0.25) is 5.02 Å². The van der Waals surface area contributed by atoms with Crippen LogP contribution in [0.1, 0.15) is 6.42 Å². The molecule has 1 heterocycles. The van der Waals surface area contributed by atoms with Gasteiger partial charge in [-0.3, -0.25) is 4.79 Å². The van der Waals surface area contributed by atoms with Crippen LogP contribution in [0.15, 0.2) is 6.20 Å². The fourth-order valence-electron chi connectivity index (χ4n) is 1.08. The molecule has 0 fully saturated rings. The molecule has 0 aliphatic carbocycles. The molecule has 0 saturated carbocycles. The highest BCUT2D eigenvalue weighted by atomic mass is 35.5. The predicted molar refractivity (Wildman–Crippen MR) is 65.4 cm³/mol. The van der Waals surface area contributed by atoms with Crippen molar-refractivity contribution in [2.75, 3.05) is 33.1 Å². The van der Waals surface area contributed by atoms with Crippen molar-refractivity contribution in [2.45, 2.75) is 6.42 Å². The van der Waals surface area contributed by atoms with Gasteiger partial charge in [-0.2, -0.15) is 4.98 Å². The van der Waals surface area contributed by atoms with E-state index in [4.69, 9.17) is 16.3 Å². The zero-order valence-corrected chi connectivity index (χ0v) is 10.8.